The van der Waals surface area contributed by atoms with Crippen molar-refractivity contribution < 1.29 is 14.3 Å². The Balaban J connectivity index is 1.36. The standard InChI is InChI=1S/C30H36ClN5O3/c1-30(2,3)39-29(38)35-15-13-22(14-16-35)27-26(21-32-36(27)25-11-9-23(31)10-12-25)28(37)34-19-17-33(18-20-34)24-7-5-4-6-8-24/h4-12,21-22H,13-20H2,1-3H3. The molecular weight excluding hydrogens is 514 g/mol. The summed E-state index contributed by atoms with van der Waals surface area (Å²) in [4.78, 5) is 32.5. The van der Waals surface area contributed by atoms with Crippen molar-refractivity contribution in [2.45, 2.75) is 45.1 Å². The van der Waals surface area contributed by atoms with Crippen molar-refractivity contribution in [1.29, 1.82) is 0 Å². The van der Waals surface area contributed by atoms with Crippen molar-refractivity contribution in [2.24, 2.45) is 0 Å². The van der Waals surface area contributed by atoms with Gasteiger partial charge in [-0.25, -0.2) is 9.48 Å². The third kappa shape index (κ3) is 6.22. The molecule has 2 amide bonds. The summed E-state index contributed by atoms with van der Waals surface area (Å²) >= 11 is 6.15. The first-order chi connectivity index (χ1) is 18.7. The van der Waals surface area contributed by atoms with Gasteiger partial charge in [0.25, 0.3) is 5.91 Å². The van der Waals surface area contributed by atoms with Crippen molar-refractivity contribution in [3.8, 4) is 5.69 Å². The van der Waals surface area contributed by atoms with E-state index in [0.717, 1.165) is 37.3 Å². The quantitative estimate of drug-likeness (QED) is 0.423. The predicted octanol–water partition coefficient (Wildman–Crippen LogP) is 5.60. The Morgan fingerprint density at radius 3 is 2.10 bits per heavy atom. The van der Waals surface area contributed by atoms with Crippen molar-refractivity contribution in [1.82, 2.24) is 19.6 Å². The van der Waals surface area contributed by atoms with Crippen LogP contribution in [0.1, 0.15) is 55.6 Å². The van der Waals surface area contributed by atoms with E-state index in [4.69, 9.17) is 16.3 Å². The number of carbonyl (C=O) groups excluding carboxylic acids is 2. The van der Waals surface area contributed by atoms with Gasteiger partial charge in [0.15, 0.2) is 0 Å². The Morgan fingerprint density at radius 2 is 1.49 bits per heavy atom. The third-order valence-corrected chi connectivity index (χ3v) is 7.58. The number of amides is 2. The van der Waals surface area contributed by atoms with Gasteiger partial charge in [-0.05, 0) is 70.0 Å². The second kappa shape index (κ2) is 11.3. The van der Waals surface area contributed by atoms with Gasteiger partial charge in [0.1, 0.15) is 5.60 Å². The average Bonchev–Trinajstić information content (AvgIpc) is 3.38. The molecule has 2 aliphatic rings. The Morgan fingerprint density at radius 1 is 0.846 bits per heavy atom. The third-order valence-electron chi connectivity index (χ3n) is 7.33. The highest BCUT2D eigenvalue weighted by Crippen LogP contribution is 2.34. The molecule has 9 heteroatoms. The molecule has 8 nitrogen and oxygen atoms in total. The van der Waals surface area contributed by atoms with E-state index in [1.807, 2.05) is 72.8 Å². The maximum absolute atomic E-state index is 13.9. The van der Waals surface area contributed by atoms with Gasteiger partial charge in [-0.3, -0.25) is 4.79 Å². The molecule has 0 atom stereocenters. The summed E-state index contributed by atoms with van der Waals surface area (Å²) in [7, 11) is 0. The fraction of sp³-hybridized carbons (Fsp3) is 0.433. The van der Waals surface area contributed by atoms with Crippen LogP contribution in [0.4, 0.5) is 10.5 Å². The summed E-state index contributed by atoms with van der Waals surface area (Å²) in [5, 5.41) is 5.33. The Bertz CT molecular complexity index is 1290. The number of nitrogens with zero attached hydrogens (tertiary/aromatic N) is 5. The van der Waals surface area contributed by atoms with E-state index in [9.17, 15) is 9.59 Å². The van der Waals surface area contributed by atoms with Crippen LogP contribution in [-0.2, 0) is 4.74 Å². The number of piperazine rings is 1. The molecule has 0 aliphatic carbocycles. The van der Waals surface area contributed by atoms with E-state index < -0.39 is 5.60 Å². The lowest BCUT2D eigenvalue weighted by atomic mass is 9.90. The number of para-hydroxylation sites is 1. The lowest BCUT2D eigenvalue weighted by Crippen LogP contribution is -2.49. The van der Waals surface area contributed by atoms with Gasteiger partial charge >= 0.3 is 6.09 Å². The van der Waals surface area contributed by atoms with Crippen molar-refractivity contribution >= 4 is 29.3 Å². The minimum absolute atomic E-state index is 0.00694. The molecule has 0 N–H and O–H groups in total. The molecule has 2 fully saturated rings. The molecule has 2 aliphatic heterocycles. The fourth-order valence-electron chi connectivity index (χ4n) is 5.34. The minimum atomic E-state index is -0.536. The lowest BCUT2D eigenvalue weighted by Gasteiger charge is -2.37. The lowest BCUT2D eigenvalue weighted by molar-refractivity contribution is 0.0203. The minimum Gasteiger partial charge on any atom is -0.444 e. The molecular formula is C30H36ClN5O3. The number of hydrogen-bond acceptors (Lipinski definition) is 5. The zero-order valence-electron chi connectivity index (χ0n) is 22.8. The highest BCUT2D eigenvalue weighted by molar-refractivity contribution is 6.30. The molecule has 5 rings (SSSR count). The number of likely N-dealkylation sites (tertiary alicyclic amines) is 1. The number of carbonyl (C=O) groups is 2. The van der Waals surface area contributed by atoms with Gasteiger partial charge in [-0.1, -0.05) is 29.8 Å². The maximum Gasteiger partial charge on any atom is 0.410 e. The topological polar surface area (TPSA) is 70.9 Å². The van der Waals surface area contributed by atoms with Gasteiger partial charge in [0.2, 0.25) is 0 Å². The number of benzene rings is 2. The summed E-state index contributed by atoms with van der Waals surface area (Å²) in [6.45, 7) is 9.62. The van der Waals surface area contributed by atoms with Crippen LogP contribution in [-0.4, -0.2) is 76.5 Å². The average molecular weight is 550 g/mol. The van der Waals surface area contributed by atoms with Gasteiger partial charge in [0.05, 0.1) is 23.1 Å². The first kappa shape index (κ1) is 27.1. The first-order valence-corrected chi connectivity index (χ1v) is 14.0. The van der Waals surface area contributed by atoms with Crippen molar-refractivity contribution in [2.75, 3.05) is 44.2 Å². The summed E-state index contributed by atoms with van der Waals surface area (Å²) in [6.07, 6.45) is 2.86. The molecule has 206 valence electrons. The number of ether oxygens (including phenoxy) is 1. The smallest absolute Gasteiger partial charge is 0.410 e. The van der Waals surface area contributed by atoms with Crippen LogP contribution < -0.4 is 4.90 Å². The van der Waals surface area contributed by atoms with E-state index >= 15 is 0 Å². The monoisotopic (exact) mass is 549 g/mol. The summed E-state index contributed by atoms with van der Waals surface area (Å²) in [5.74, 6) is 0.0823. The van der Waals surface area contributed by atoms with Gasteiger partial charge in [-0.2, -0.15) is 5.10 Å². The number of hydrogen-bond donors (Lipinski definition) is 0. The summed E-state index contributed by atoms with van der Waals surface area (Å²) in [6, 6.07) is 17.8. The Labute approximate surface area is 235 Å². The zero-order valence-corrected chi connectivity index (χ0v) is 23.6. The van der Waals surface area contributed by atoms with Crippen LogP contribution in [0.3, 0.4) is 0 Å². The number of halogens is 1. The molecule has 39 heavy (non-hydrogen) atoms. The van der Waals surface area contributed by atoms with Crippen LogP contribution in [0.15, 0.2) is 60.8 Å². The van der Waals surface area contributed by atoms with Gasteiger partial charge < -0.3 is 19.4 Å². The molecule has 0 spiro atoms. The molecule has 2 saturated heterocycles. The van der Waals surface area contributed by atoms with E-state index in [1.54, 1.807) is 11.1 Å². The largest absolute Gasteiger partial charge is 0.444 e. The number of rotatable bonds is 4. The first-order valence-electron chi connectivity index (χ1n) is 13.6. The Hall–Kier alpha value is -3.52. The molecule has 0 saturated carbocycles. The Kier molecular flexibility index (Phi) is 7.84. The second-order valence-electron chi connectivity index (χ2n) is 11.2. The molecule has 1 aromatic heterocycles. The van der Waals surface area contributed by atoms with Crippen LogP contribution >= 0.6 is 11.6 Å². The molecule has 3 heterocycles. The van der Waals surface area contributed by atoms with Crippen LogP contribution in [0, 0.1) is 0 Å². The number of piperidine rings is 1. The molecule has 2 aromatic carbocycles. The van der Waals surface area contributed by atoms with E-state index in [-0.39, 0.29) is 17.9 Å². The van der Waals surface area contributed by atoms with Gasteiger partial charge in [-0.15, -0.1) is 0 Å². The fourth-order valence-corrected chi connectivity index (χ4v) is 5.47. The molecule has 0 radical (unpaired) electrons. The van der Waals surface area contributed by atoms with E-state index in [0.29, 0.717) is 36.8 Å². The van der Waals surface area contributed by atoms with Crippen LogP contribution in [0.25, 0.3) is 5.69 Å². The van der Waals surface area contributed by atoms with Crippen LogP contribution in [0.2, 0.25) is 5.02 Å². The summed E-state index contributed by atoms with van der Waals surface area (Å²) < 4.78 is 7.45. The highest BCUT2D eigenvalue weighted by Gasteiger charge is 2.34. The SMILES string of the molecule is CC(C)(C)OC(=O)N1CCC(c2c(C(=O)N3CCN(c4ccccc4)CC3)cnn2-c2ccc(Cl)cc2)CC1. The zero-order chi connectivity index (χ0) is 27.6. The molecule has 3 aromatic rings. The number of anilines is 1. The van der Waals surface area contributed by atoms with E-state index in [1.165, 1.54) is 5.69 Å². The predicted molar refractivity (Wildman–Crippen MR) is 153 cm³/mol. The van der Waals surface area contributed by atoms with Crippen molar-refractivity contribution in [3.63, 3.8) is 0 Å². The second-order valence-corrected chi connectivity index (χ2v) is 11.6. The summed E-state index contributed by atoms with van der Waals surface area (Å²) in [5.41, 5.74) is 3.03. The maximum atomic E-state index is 13.9. The van der Waals surface area contributed by atoms with Gasteiger partial charge in [0, 0.05) is 55.9 Å². The van der Waals surface area contributed by atoms with Crippen molar-refractivity contribution in [3.05, 3.63) is 77.1 Å². The number of aromatic nitrogens is 2. The van der Waals surface area contributed by atoms with Crippen LogP contribution in [0.5, 0.6) is 0 Å². The molecule has 0 unspecified atom stereocenters. The highest BCUT2D eigenvalue weighted by atomic mass is 35.5. The van der Waals surface area contributed by atoms with E-state index in [2.05, 4.69) is 22.1 Å². The molecule has 0 bridgehead atoms. The normalized spacial score (nSPS) is 16.9.